The van der Waals surface area contributed by atoms with Crippen molar-refractivity contribution < 1.29 is 24.1 Å². The molecule has 2 N–H and O–H groups in total. The first-order valence-electron chi connectivity index (χ1n) is 6.04. The number of benzene rings is 1. The summed E-state index contributed by atoms with van der Waals surface area (Å²) in [6, 6.07) is 5.37. The molecule has 19 heavy (non-hydrogen) atoms. The van der Waals surface area contributed by atoms with E-state index in [1.165, 1.54) is 29.2 Å². The first-order chi connectivity index (χ1) is 8.97. The molecule has 1 fully saturated rings. The van der Waals surface area contributed by atoms with E-state index < -0.39 is 18.3 Å². The fourth-order valence-corrected chi connectivity index (χ4v) is 1.97. The summed E-state index contributed by atoms with van der Waals surface area (Å²) in [5.74, 6) is -0.306. The van der Waals surface area contributed by atoms with Crippen molar-refractivity contribution in [1.29, 1.82) is 0 Å². The second kappa shape index (κ2) is 5.54. The summed E-state index contributed by atoms with van der Waals surface area (Å²) in [4.78, 5) is 13.4. The average Bonchev–Trinajstić information content (AvgIpc) is 2.71. The summed E-state index contributed by atoms with van der Waals surface area (Å²) in [6.07, 6.45) is -2.59. The maximum atomic E-state index is 12.7. The van der Waals surface area contributed by atoms with Gasteiger partial charge >= 0.3 is 0 Å². The highest BCUT2D eigenvalue weighted by molar-refractivity contribution is 5.81. The lowest BCUT2D eigenvalue weighted by atomic mass is 10.3. The van der Waals surface area contributed by atoms with Gasteiger partial charge in [0.2, 0.25) is 0 Å². The highest BCUT2D eigenvalue weighted by Crippen LogP contribution is 2.16. The number of aliphatic hydroxyl groups is 2. The van der Waals surface area contributed by atoms with E-state index >= 15 is 0 Å². The second-order valence-electron chi connectivity index (χ2n) is 4.59. The highest BCUT2D eigenvalue weighted by atomic mass is 19.1. The minimum absolute atomic E-state index is 0.0944. The predicted molar refractivity (Wildman–Crippen MR) is 65.1 cm³/mol. The van der Waals surface area contributed by atoms with Gasteiger partial charge in [0.1, 0.15) is 11.6 Å². The number of hydrogen-bond acceptors (Lipinski definition) is 4. The quantitative estimate of drug-likeness (QED) is 0.820. The van der Waals surface area contributed by atoms with Gasteiger partial charge in [-0.1, -0.05) is 0 Å². The van der Waals surface area contributed by atoms with Gasteiger partial charge in [-0.2, -0.15) is 0 Å². The molecule has 1 aromatic rings. The van der Waals surface area contributed by atoms with Gasteiger partial charge < -0.3 is 19.8 Å². The van der Waals surface area contributed by atoms with Gasteiger partial charge in [0, 0.05) is 13.1 Å². The fraction of sp³-hybridized carbons (Fsp3) is 0.462. The lowest BCUT2D eigenvalue weighted by molar-refractivity contribution is -0.137. The number of likely N-dealkylation sites (tertiary alicyclic amines) is 1. The third-order valence-electron chi connectivity index (χ3n) is 3.04. The van der Waals surface area contributed by atoms with E-state index in [2.05, 4.69) is 0 Å². The monoisotopic (exact) mass is 269 g/mol. The summed E-state index contributed by atoms with van der Waals surface area (Å²) in [7, 11) is 0. The SMILES string of the molecule is CC(Oc1ccc(F)cc1)C(=O)N1C[C@@H](O)[C@@H](O)C1. The molecule has 1 aliphatic rings. The number of hydrogen-bond donors (Lipinski definition) is 2. The van der Waals surface area contributed by atoms with Crippen LogP contribution in [0.15, 0.2) is 24.3 Å². The number of nitrogens with zero attached hydrogens (tertiary/aromatic N) is 1. The third kappa shape index (κ3) is 3.21. The molecule has 0 spiro atoms. The van der Waals surface area contributed by atoms with Gasteiger partial charge in [0.25, 0.3) is 5.91 Å². The number of carbonyl (C=O) groups excluding carboxylic acids is 1. The standard InChI is InChI=1S/C13H16FNO4/c1-8(19-10-4-2-9(14)3-5-10)13(18)15-6-11(16)12(17)7-15/h2-5,8,11-12,16-17H,6-7H2,1H3/t8?,11-,12+. The van der Waals surface area contributed by atoms with E-state index in [9.17, 15) is 19.4 Å². The summed E-state index contributed by atoms with van der Waals surface area (Å²) in [5.41, 5.74) is 0. The Hall–Kier alpha value is -1.66. The Morgan fingerprint density at radius 3 is 2.37 bits per heavy atom. The Morgan fingerprint density at radius 1 is 1.32 bits per heavy atom. The largest absolute Gasteiger partial charge is 0.481 e. The molecule has 0 radical (unpaired) electrons. The van der Waals surface area contributed by atoms with Crippen molar-refractivity contribution in [1.82, 2.24) is 4.90 Å². The summed E-state index contributed by atoms with van der Waals surface area (Å²) in [6.45, 7) is 1.76. The van der Waals surface area contributed by atoms with Gasteiger partial charge in [-0.15, -0.1) is 0 Å². The number of amides is 1. The minimum Gasteiger partial charge on any atom is -0.481 e. The smallest absolute Gasteiger partial charge is 0.263 e. The van der Waals surface area contributed by atoms with Crippen LogP contribution in [0.3, 0.4) is 0 Å². The van der Waals surface area contributed by atoms with Crippen LogP contribution >= 0.6 is 0 Å². The molecular weight excluding hydrogens is 253 g/mol. The molecule has 1 unspecified atom stereocenters. The van der Waals surface area contributed by atoms with Gasteiger partial charge in [-0.3, -0.25) is 4.79 Å². The van der Waals surface area contributed by atoms with E-state index in [0.29, 0.717) is 5.75 Å². The van der Waals surface area contributed by atoms with Crippen molar-refractivity contribution in [3.8, 4) is 5.75 Å². The van der Waals surface area contributed by atoms with Crippen LogP contribution in [-0.4, -0.2) is 52.4 Å². The normalized spacial score (nSPS) is 24.3. The topological polar surface area (TPSA) is 70.0 Å². The minimum atomic E-state index is -0.915. The lowest BCUT2D eigenvalue weighted by Crippen LogP contribution is -2.39. The second-order valence-corrected chi connectivity index (χ2v) is 4.59. The Kier molecular flexibility index (Phi) is 4.01. The molecule has 1 saturated heterocycles. The van der Waals surface area contributed by atoms with Crippen LogP contribution in [0.25, 0.3) is 0 Å². The van der Waals surface area contributed by atoms with Crippen LogP contribution in [0.5, 0.6) is 5.75 Å². The molecule has 1 aliphatic heterocycles. The Morgan fingerprint density at radius 2 is 1.84 bits per heavy atom. The molecule has 0 bridgehead atoms. The molecule has 5 nitrogen and oxygen atoms in total. The van der Waals surface area contributed by atoms with Crippen molar-refractivity contribution in [3.05, 3.63) is 30.1 Å². The Labute approximate surface area is 110 Å². The van der Waals surface area contributed by atoms with Crippen molar-refractivity contribution >= 4 is 5.91 Å². The van der Waals surface area contributed by atoms with Crippen LogP contribution in [0, 0.1) is 5.82 Å². The van der Waals surface area contributed by atoms with Crippen LogP contribution in [0.2, 0.25) is 0 Å². The van der Waals surface area contributed by atoms with Crippen molar-refractivity contribution in [2.75, 3.05) is 13.1 Å². The summed E-state index contributed by atoms with van der Waals surface area (Å²) >= 11 is 0. The average molecular weight is 269 g/mol. The maximum absolute atomic E-state index is 12.7. The molecule has 3 atom stereocenters. The van der Waals surface area contributed by atoms with E-state index in [0.717, 1.165) is 0 Å². The van der Waals surface area contributed by atoms with Crippen LogP contribution in [-0.2, 0) is 4.79 Å². The van der Waals surface area contributed by atoms with Crippen molar-refractivity contribution in [3.63, 3.8) is 0 Å². The maximum Gasteiger partial charge on any atom is 0.263 e. The molecule has 1 aromatic carbocycles. The number of ether oxygens (including phenoxy) is 1. The molecule has 1 amide bonds. The van der Waals surface area contributed by atoms with E-state index in [-0.39, 0.29) is 24.8 Å². The van der Waals surface area contributed by atoms with Gasteiger partial charge in [-0.05, 0) is 31.2 Å². The Bertz CT molecular complexity index is 440. The van der Waals surface area contributed by atoms with Crippen LogP contribution < -0.4 is 4.74 Å². The zero-order valence-electron chi connectivity index (χ0n) is 10.5. The number of carbonyl (C=O) groups is 1. The first-order valence-corrected chi connectivity index (χ1v) is 6.04. The third-order valence-corrected chi connectivity index (χ3v) is 3.04. The Balaban J connectivity index is 1.94. The zero-order chi connectivity index (χ0) is 14.0. The molecule has 1 heterocycles. The van der Waals surface area contributed by atoms with Gasteiger partial charge in [0.05, 0.1) is 12.2 Å². The zero-order valence-corrected chi connectivity index (χ0v) is 10.5. The van der Waals surface area contributed by atoms with Crippen LogP contribution in [0.4, 0.5) is 4.39 Å². The highest BCUT2D eigenvalue weighted by Gasteiger charge is 2.34. The first kappa shape index (κ1) is 13.8. The molecule has 6 heteroatoms. The molecule has 0 aliphatic carbocycles. The van der Waals surface area contributed by atoms with Crippen LogP contribution in [0.1, 0.15) is 6.92 Å². The summed E-state index contributed by atoms with van der Waals surface area (Å²) in [5, 5.41) is 18.8. The number of β-amino-alcohol motifs (C(OH)–C–C–N with tert-alkyl or cyclic N) is 2. The lowest BCUT2D eigenvalue weighted by Gasteiger charge is -2.21. The van der Waals surface area contributed by atoms with Crippen molar-refractivity contribution in [2.24, 2.45) is 0 Å². The molecule has 104 valence electrons. The van der Waals surface area contributed by atoms with Gasteiger partial charge in [0.15, 0.2) is 6.10 Å². The number of halogens is 1. The van der Waals surface area contributed by atoms with Crippen molar-refractivity contribution in [2.45, 2.75) is 25.2 Å². The van der Waals surface area contributed by atoms with E-state index in [1.807, 2.05) is 0 Å². The molecule has 0 aromatic heterocycles. The van der Waals surface area contributed by atoms with E-state index in [4.69, 9.17) is 4.74 Å². The number of aliphatic hydroxyl groups excluding tert-OH is 2. The fourth-order valence-electron chi connectivity index (χ4n) is 1.97. The summed E-state index contributed by atoms with van der Waals surface area (Å²) < 4.78 is 18.1. The predicted octanol–water partition coefficient (Wildman–Crippen LogP) is 0.157. The molecule has 0 saturated carbocycles. The van der Waals surface area contributed by atoms with Gasteiger partial charge in [-0.25, -0.2) is 4.39 Å². The molecule has 2 rings (SSSR count). The van der Waals surface area contributed by atoms with E-state index in [1.54, 1.807) is 6.92 Å². The number of rotatable bonds is 3. The molecular formula is C13H16FNO4.